The SMILES string of the molecule is CC[C@@H](CN)C(=O)N[C@H](CC)c1ccccc1. The zero-order chi connectivity index (χ0) is 12.7. The summed E-state index contributed by atoms with van der Waals surface area (Å²) < 4.78 is 0. The highest BCUT2D eigenvalue weighted by Crippen LogP contribution is 2.16. The van der Waals surface area contributed by atoms with Gasteiger partial charge in [0.25, 0.3) is 0 Å². The summed E-state index contributed by atoms with van der Waals surface area (Å²) in [5.41, 5.74) is 6.73. The third-order valence-electron chi connectivity index (χ3n) is 3.07. The summed E-state index contributed by atoms with van der Waals surface area (Å²) in [6, 6.07) is 10.1. The van der Waals surface area contributed by atoms with E-state index in [1.54, 1.807) is 0 Å². The highest BCUT2D eigenvalue weighted by atomic mass is 16.1. The molecule has 0 heterocycles. The fraction of sp³-hybridized carbons (Fsp3) is 0.500. The van der Waals surface area contributed by atoms with Crippen LogP contribution < -0.4 is 11.1 Å². The van der Waals surface area contributed by atoms with E-state index in [4.69, 9.17) is 5.73 Å². The van der Waals surface area contributed by atoms with Gasteiger partial charge >= 0.3 is 0 Å². The zero-order valence-corrected chi connectivity index (χ0v) is 10.6. The topological polar surface area (TPSA) is 55.1 Å². The van der Waals surface area contributed by atoms with Crippen molar-refractivity contribution >= 4 is 5.91 Å². The Morgan fingerprint density at radius 3 is 2.35 bits per heavy atom. The van der Waals surface area contributed by atoms with Gasteiger partial charge in [-0.15, -0.1) is 0 Å². The minimum absolute atomic E-state index is 0.0608. The molecule has 0 fully saturated rings. The molecule has 3 nitrogen and oxygen atoms in total. The molecule has 1 aromatic carbocycles. The second-order valence-electron chi connectivity index (χ2n) is 4.22. The van der Waals surface area contributed by atoms with Crippen molar-refractivity contribution in [2.24, 2.45) is 11.7 Å². The minimum Gasteiger partial charge on any atom is -0.349 e. The average Bonchev–Trinajstić information content (AvgIpc) is 2.38. The fourth-order valence-corrected chi connectivity index (χ4v) is 1.86. The minimum atomic E-state index is -0.0761. The summed E-state index contributed by atoms with van der Waals surface area (Å²) in [5.74, 6) is -0.0153. The molecule has 0 radical (unpaired) electrons. The normalized spacial score (nSPS) is 14.1. The first-order chi connectivity index (χ1) is 8.22. The van der Waals surface area contributed by atoms with Gasteiger partial charge in [0, 0.05) is 12.5 Å². The van der Waals surface area contributed by atoms with Gasteiger partial charge < -0.3 is 11.1 Å². The first-order valence-electron chi connectivity index (χ1n) is 6.28. The number of rotatable bonds is 6. The van der Waals surface area contributed by atoms with Gasteiger partial charge in [0.05, 0.1) is 6.04 Å². The molecule has 0 unspecified atom stereocenters. The molecular formula is C14H22N2O. The maximum atomic E-state index is 12.0. The number of hydrogen-bond donors (Lipinski definition) is 2. The van der Waals surface area contributed by atoms with Crippen molar-refractivity contribution in [2.75, 3.05) is 6.54 Å². The summed E-state index contributed by atoms with van der Waals surface area (Å²) in [4.78, 5) is 12.0. The number of nitrogens with two attached hydrogens (primary N) is 1. The van der Waals surface area contributed by atoms with E-state index in [-0.39, 0.29) is 17.9 Å². The lowest BCUT2D eigenvalue weighted by atomic mass is 10.0. The second kappa shape index (κ2) is 7.07. The predicted molar refractivity (Wildman–Crippen MR) is 70.5 cm³/mol. The van der Waals surface area contributed by atoms with E-state index < -0.39 is 0 Å². The predicted octanol–water partition coefficient (Wildman–Crippen LogP) is 2.24. The molecule has 1 amide bonds. The lowest BCUT2D eigenvalue weighted by Gasteiger charge is -2.20. The first-order valence-corrected chi connectivity index (χ1v) is 6.28. The van der Waals surface area contributed by atoms with Crippen LogP contribution in [0.3, 0.4) is 0 Å². The summed E-state index contributed by atoms with van der Waals surface area (Å²) in [7, 11) is 0. The number of benzene rings is 1. The fourth-order valence-electron chi connectivity index (χ4n) is 1.86. The van der Waals surface area contributed by atoms with E-state index in [1.165, 1.54) is 0 Å². The van der Waals surface area contributed by atoms with E-state index in [2.05, 4.69) is 12.2 Å². The third kappa shape index (κ3) is 3.86. The van der Waals surface area contributed by atoms with Gasteiger partial charge in [-0.2, -0.15) is 0 Å². The summed E-state index contributed by atoms with van der Waals surface area (Å²) in [6.07, 6.45) is 1.67. The first kappa shape index (κ1) is 13.7. The highest BCUT2D eigenvalue weighted by molar-refractivity contribution is 5.79. The van der Waals surface area contributed by atoms with Crippen LogP contribution in [-0.4, -0.2) is 12.5 Å². The Bertz CT molecular complexity index is 333. The Labute approximate surface area is 103 Å². The van der Waals surface area contributed by atoms with Crippen LogP contribution in [0, 0.1) is 5.92 Å². The monoisotopic (exact) mass is 234 g/mol. The second-order valence-corrected chi connectivity index (χ2v) is 4.22. The lowest BCUT2D eigenvalue weighted by Crippen LogP contribution is -2.36. The van der Waals surface area contributed by atoms with E-state index in [9.17, 15) is 4.79 Å². The van der Waals surface area contributed by atoms with Crippen molar-refractivity contribution in [1.82, 2.24) is 5.32 Å². The van der Waals surface area contributed by atoms with Crippen LogP contribution in [0.25, 0.3) is 0 Å². The van der Waals surface area contributed by atoms with Gasteiger partial charge in [0.15, 0.2) is 0 Å². The molecular weight excluding hydrogens is 212 g/mol. The van der Waals surface area contributed by atoms with Crippen LogP contribution in [0.15, 0.2) is 30.3 Å². The molecule has 1 aromatic rings. The van der Waals surface area contributed by atoms with Crippen LogP contribution >= 0.6 is 0 Å². The van der Waals surface area contributed by atoms with Gasteiger partial charge in [-0.1, -0.05) is 44.2 Å². The maximum absolute atomic E-state index is 12.0. The molecule has 17 heavy (non-hydrogen) atoms. The molecule has 0 bridgehead atoms. The van der Waals surface area contributed by atoms with E-state index in [0.29, 0.717) is 6.54 Å². The zero-order valence-electron chi connectivity index (χ0n) is 10.6. The molecule has 0 aromatic heterocycles. The van der Waals surface area contributed by atoms with Gasteiger partial charge in [0.2, 0.25) is 5.91 Å². The molecule has 0 aliphatic carbocycles. The van der Waals surface area contributed by atoms with Crippen LogP contribution in [0.4, 0.5) is 0 Å². The maximum Gasteiger partial charge on any atom is 0.224 e. The molecule has 3 heteroatoms. The van der Waals surface area contributed by atoms with Crippen molar-refractivity contribution in [1.29, 1.82) is 0 Å². The van der Waals surface area contributed by atoms with Crippen molar-refractivity contribution in [3.8, 4) is 0 Å². The van der Waals surface area contributed by atoms with Crippen LogP contribution in [-0.2, 0) is 4.79 Å². The van der Waals surface area contributed by atoms with Crippen LogP contribution in [0.1, 0.15) is 38.3 Å². The molecule has 94 valence electrons. The van der Waals surface area contributed by atoms with E-state index in [0.717, 1.165) is 18.4 Å². The standard InChI is InChI=1S/C14H22N2O/c1-3-11(10-15)14(17)16-13(4-2)12-8-6-5-7-9-12/h5-9,11,13H,3-4,10,15H2,1-2H3,(H,16,17)/t11-,13+/m0/s1. The largest absolute Gasteiger partial charge is 0.349 e. The molecule has 2 atom stereocenters. The third-order valence-corrected chi connectivity index (χ3v) is 3.07. The highest BCUT2D eigenvalue weighted by Gasteiger charge is 2.18. The number of carbonyl (C=O) groups is 1. The Morgan fingerprint density at radius 1 is 1.24 bits per heavy atom. The average molecular weight is 234 g/mol. The van der Waals surface area contributed by atoms with Crippen LogP contribution in [0.2, 0.25) is 0 Å². The van der Waals surface area contributed by atoms with Crippen molar-refractivity contribution in [2.45, 2.75) is 32.7 Å². The molecule has 0 aliphatic rings. The van der Waals surface area contributed by atoms with Gasteiger partial charge in [-0.25, -0.2) is 0 Å². The summed E-state index contributed by atoms with van der Waals surface area (Å²) in [5, 5.41) is 3.07. The Kier molecular flexibility index (Phi) is 5.70. The molecule has 0 saturated carbocycles. The Balaban J connectivity index is 2.68. The van der Waals surface area contributed by atoms with E-state index in [1.807, 2.05) is 37.3 Å². The van der Waals surface area contributed by atoms with Gasteiger partial charge in [-0.05, 0) is 18.4 Å². The molecule has 3 N–H and O–H groups in total. The lowest BCUT2D eigenvalue weighted by molar-refractivity contribution is -0.125. The van der Waals surface area contributed by atoms with E-state index >= 15 is 0 Å². The van der Waals surface area contributed by atoms with Crippen molar-refractivity contribution < 1.29 is 4.79 Å². The van der Waals surface area contributed by atoms with Crippen molar-refractivity contribution in [3.63, 3.8) is 0 Å². The molecule has 0 saturated heterocycles. The van der Waals surface area contributed by atoms with Crippen molar-refractivity contribution in [3.05, 3.63) is 35.9 Å². The number of nitrogens with one attached hydrogen (secondary N) is 1. The molecule has 1 rings (SSSR count). The number of hydrogen-bond acceptors (Lipinski definition) is 2. The number of amides is 1. The smallest absolute Gasteiger partial charge is 0.224 e. The molecule has 0 aliphatic heterocycles. The Hall–Kier alpha value is -1.35. The molecule has 0 spiro atoms. The Morgan fingerprint density at radius 2 is 1.88 bits per heavy atom. The van der Waals surface area contributed by atoms with Gasteiger partial charge in [0.1, 0.15) is 0 Å². The summed E-state index contributed by atoms with van der Waals surface area (Å²) in [6.45, 7) is 4.47. The number of carbonyl (C=O) groups excluding carboxylic acids is 1. The van der Waals surface area contributed by atoms with Gasteiger partial charge in [-0.3, -0.25) is 4.79 Å². The summed E-state index contributed by atoms with van der Waals surface area (Å²) >= 11 is 0. The van der Waals surface area contributed by atoms with Crippen LogP contribution in [0.5, 0.6) is 0 Å². The quantitative estimate of drug-likeness (QED) is 0.793.